The van der Waals surface area contributed by atoms with Crippen LogP contribution in [0.5, 0.6) is 11.5 Å². The van der Waals surface area contributed by atoms with Crippen molar-refractivity contribution < 1.29 is 73.4 Å². The predicted molar refractivity (Wildman–Crippen MR) is 226 cm³/mol. The minimum absolute atomic E-state index is 0.00131. The van der Waals surface area contributed by atoms with E-state index in [0.717, 1.165) is 43.8 Å². The molecule has 0 aliphatic heterocycles. The van der Waals surface area contributed by atoms with Gasteiger partial charge >= 0.3 is 29.9 Å². The van der Waals surface area contributed by atoms with E-state index in [0.29, 0.717) is 37.9 Å². The van der Waals surface area contributed by atoms with Crippen LogP contribution in [0.3, 0.4) is 0 Å². The normalized spacial score (nSPS) is 13.3. The van der Waals surface area contributed by atoms with Crippen LogP contribution < -0.4 is 15.2 Å². The van der Waals surface area contributed by atoms with Gasteiger partial charge in [0.15, 0.2) is 5.75 Å². The fourth-order valence-electron chi connectivity index (χ4n) is 4.46. The Balaban J connectivity index is 0. The molecule has 3 aromatic carbocycles. The molecule has 24 heteroatoms. The van der Waals surface area contributed by atoms with Crippen LogP contribution in [0.2, 0.25) is 0 Å². The number of aliphatic hydroxyl groups is 2. The summed E-state index contributed by atoms with van der Waals surface area (Å²) in [6.45, 7) is 5.02. The number of nitro benzene ring substituents is 2. The molecule has 0 saturated carbocycles. The van der Waals surface area contributed by atoms with Crippen LogP contribution in [-0.4, -0.2) is 124 Å². The molecule has 65 heavy (non-hydrogen) atoms. The lowest BCUT2D eigenvalue weighted by molar-refractivity contribution is -0.387. The van der Waals surface area contributed by atoms with Crippen LogP contribution in [-0.2, 0) is 18.5 Å². The average molecular weight is 953 g/mol. The minimum atomic E-state index is -4.71. The van der Waals surface area contributed by atoms with E-state index in [1.807, 2.05) is 38.0 Å². The fourth-order valence-corrected chi connectivity index (χ4v) is 4.46. The maximum Gasteiger partial charge on any atom is 0.416 e. The largest absolute Gasteiger partial charge is 0.490 e. The highest BCUT2D eigenvalue weighted by Crippen LogP contribution is 2.37. The first-order valence-corrected chi connectivity index (χ1v) is 19.2. The number of hydrogen-bond donors (Lipinski definition) is 3. The molecular weight excluding hydrogens is 894 g/mol. The number of rotatable bonds is 12. The predicted octanol–water partition coefficient (Wildman–Crippen LogP) is 9.05. The van der Waals surface area contributed by atoms with Crippen molar-refractivity contribution in [3.8, 4) is 11.5 Å². The minimum Gasteiger partial charge on any atom is -0.490 e. The summed E-state index contributed by atoms with van der Waals surface area (Å²) in [4.78, 5) is 24.4. The maximum atomic E-state index is 12.6. The van der Waals surface area contributed by atoms with Crippen molar-refractivity contribution in [3.63, 3.8) is 0 Å². The molecule has 0 saturated heterocycles. The SMILES string of the molecule is CC1CC=CCC1.CN(C)CCO.CN(C)CCOc1ccc(C(F)(F)F)cc1N.CN(C)CCOc1ccc(C(F)(F)F)cc1[N+](=O)[O-].CO.O=[N+]([O-])c1cc(C(F)(F)F)ccc1F. The Morgan fingerprint density at radius 3 is 1.38 bits per heavy atom. The molecule has 3 aromatic rings. The van der Waals surface area contributed by atoms with Gasteiger partial charge in [0.05, 0.1) is 38.8 Å². The van der Waals surface area contributed by atoms with Gasteiger partial charge in [0.25, 0.3) is 0 Å². The topological polar surface area (TPSA) is 181 Å². The summed E-state index contributed by atoms with van der Waals surface area (Å²) < 4.78 is 133. The molecule has 1 aliphatic rings. The molecule has 1 atom stereocenters. The third-order valence-electron chi connectivity index (χ3n) is 7.96. The Hall–Kier alpha value is -5.30. The summed E-state index contributed by atoms with van der Waals surface area (Å²) in [7, 11) is 12.2. The molecule has 4 N–H and O–H groups in total. The zero-order valence-electron chi connectivity index (χ0n) is 37.2. The quantitative estimate of drug-likeness (QED) is 0.0516. The first-order chi connectivity index (χ1) is 30.0. The molecule has 0 radical (unpaired) electrons. The summed E-state index contributed by atoms with van der Waals surface area (Å²) in [5.74, 6) is -0.229. The van der Waals surface area contributed by atoms with E-state index in [9.17, 15) is 64.1 Å². The second-order valence-electron chi connectivity index (χ2n) is 14.3. The number of nitro groups is 2. The number of likely N-dealkylation sites (N-methyl/N-ethyl adjacent to an activating group) is 3. The van der Waals surface area contributed by atoms with Crippen molar-refractivity contribution >= 4 is 17.1 Å². The molecule has 0 heterocycles. The van der Waals surface area contributed by atoms with Gasteiger partial charge in [-0.2, -0.15) is 43.9 Å². The third-order valence-corrected chi connectivity index (χ3v) is 7.96. The molecule has 0 aromatic heterocycles. The molecule has 1 aliphatic carbocycles. The van der Waals surface area contributed by atoms with Gasteiger partial charge in [-0.15, -0.1) is 0 Å². The Labute approximate surface area is 371 Å². The van der Waals surface area contributed by atoms with Crippen molar-refractivity contribution in [2.45, 2.75) is 44.7 Å². The molecule has 0 spiro atoms. The monoisotopic (exact) mass is 952 g/mol. The number of nitrogens with zero attached hydrogens (tertiary/aromatic N) is 5. The number of allylic oxidation sites excluding steroid dienone is 2. The number of aliphatic hydroxyl groups excluding tert-OH is 2. The van der Waals surface area contributed by atoms with E-state index in [1.165, 1.54) is 25.3 Å². The lowest BCUT2D eigenvalue weighted by atomic mass is 9.97. The van der Waals surface area contributed by atoms with Gasteiger partial charge in [-0.05, 0) is 110 Å². The molecule has 14 nitrogen and oxygen atoms in total. The smallest absolute Gasteiger partial charge is 0.416 e. The van der Waals surface area contributed by atoms with E-state index >= 15 is 0 Å². The summed E-state index contributed by atoms with van der Waals surface area (Å²) in [5.41, 5.74) is 0.544. The number of benzene rings is 3. The zero-order valence-corrected chi connectivity index (χ0v) is 37.2. The average Bonchev–Trinajstić information content (AvgIpc) is 3.19. The summed E-state index contributed by atoms with van der Waals surface area (Å²) in [6.07, 6.45) is -5.13. The molecule has 0 bridgehead atoms. The van der Waals surface area contributed by atoms with Crippen LogP contribution in [0.15, 0.2) is 66.7 Å². The van der Waals surface area contributed by atoms with Gasteiger partial charge in [-0.3, -0.25) is 20.2 Å². The Morgan fingerprint density at radius 1 is 0.662 bits per heavy atom. The lowest BCUT2D eigenvalue weighted by Crippen LogP contribution is -2.19. The summed E-state index contributed by atoms with van der Waals surface area (Å²) in [5, 5.41) is 36.0. The van der Waals surface area contributed by atoms with E-state index < -0.39 is 62.3 Å². The van der Waals surface area contributed by atoms with E-state index in [-0.39, 0.29) is 36.5 Å². The van der Waals surface area contributed by atoms with Crippen molar-refractivity contribution in [2.75, 3.05) is 94.6 Å². The van der Waals surface area contributed by atoms with Gasteiger partial charge in [0, 0.05) is 38.9 Å². The number of nitrogen functional groups attached to an aromatic ring is 1. The van der Waals surface area contributed by atoms with Crippen LogP contribution in [0.25, 0.3) is 0 Å². The molecule has 1 unspecified atom stereocenters. The van der Waals surface area contributed by atoms with Crippen LogP contribution >= 0.6 is 0 Å². The van der Waals surface area contributed by atoms with E-state index in [1.54, 1.807) is 19.0 Å². The van der Waals surface area contributed by atoms with Gasteiger partial charge in [0.1, 0.15) is 19.0 Å². The summed E-state index contributed by atoms with van der Waals surface area (Å²) in [6, 6.07) is 6.32. The van der Waals surface area contributed by atoms with Gasteiger partial charge in [-0.25, -0.2) is 0 Å². The number of hydrogen-bond acceptors (Lipinski definition) is 12. The number of ether oxygens (including phenoxy) is 2. The molecule has 0 amide bonds. The van der Waals surface area contributed by atoms with Crippen LogP contribution in [0.4, 0.5) is 61.0 Å². The zero-order chi connectivity index (χ0) is 50.7. The van der Waals surface area contributed by atoms with Gasteiger partial charge in [-0.1, -0.05) is 19.1 Å². The standard InChI is InChI=1S/C11H13F3N2O3.C11H15F3N2O.C7H3F4NO2.C7H12.C4H11NO.CH4O/c1-15(2)5-6-19-10-4-3-8(11(12,13)14)7-9(10)16(17)18;1-16(2)5-6-17-10-4-3-8(7-9(10)15)11(12,13)14;8-5-2-1-4(7(9,10)11)3-6(5)12(13)14;1-7-5-3-2-4-6-7;1-5(2)3-4-6;1-2/h3-4,7H,5-6H2,1-2H3;3-4,7H,5-6,15H2,1-2H3;1-3H;2-3,7H,4-6H2,1H3;6H,3-4H2,1-2H3;2H,1H3. The van der Waals surface area contributed by atoms with Crippen molar-refractivity contribution in [3.05, 3.63) is 109 Å². The summed E-state index contributed by atoms with van der Waals surface area (Å²) >= 11 is 0. The highest BCUT2D eigenvalue weighted by molar-refractivity contribution is 5.54. The second kappa shape index (κ2) is 30.8. The molecule has 370 valence electrons. The van der Waals surface area contributed by atoms with Crippen molar-refractivity contribution in [1.82, 2.24) is 14.7 Å². The Bertz CT molecular complexity index is 1860. The molecule has 4 rings (SSSR count). The van der Waals surface area contributed by atoms with E-state index in [4.69, 9.17) is 25.4 Å². The molecular formula is C41H58F10N6O8. The van der Waals surface area contributed by atoms with Crippen LogP contribution in [0.1, 0.15) is 42.9 Å². The van der Waals surface area contributed by atoms with Crippen LogP contribution in [0, 0.1) is 32.0 Å². The first kappa shape index (κ1) is 61.8. The Morgan fingerprint density at radius 2 is 1.06 bits per heavy atom. The van der Waals surface area contributed by atoms with Gasteiger partial charge in [0.2, 0.25) is 5.82 Å². The van der Waals surface area contributed by atoms with E-state index in [2.05, 4.69) is 19.1 Å². The maximum absolute atomic E-state index is 12.6. The third kappa shape index (κ3) is 27.6. The first-order valence-electron chi connectivity index (χ1n) is 19.2. The lowest BCUT2D eigenvalue weighted by Gasteiger charge is -2.14. The number of nitrogens with two attached hydrogens (primary N) is 1. The highest BCUT2D eigenvalue weighted by atomic mass is 19.4. The van der Waals surface area contributed by atoms with Crippen molar-refractivity contribution in [2.24, 2.45) is 5.92 Å². The number of halogens is 10. The number of alkyl halides is 9. The van der Waals surface area contributed by atoms with Crippen molar-refractivity contribution in [1.29, 1.82) is 0 Å². The highest BCUT2D eigenvalue weighted by Gasteiger charge is 2.34. The Kier molecular flexibility index (Phi) is 29.2. The van der Waals surface area contributed by atoms with Gasteiger partial charge < -0.3 is 40.1 Å². The molecule has 0 fully saturated rings. The fraction of sp³-hybridized carbons (Fsp3) is 0.512. The number of anilines is 1. The second-order valence-corrected chi connectivity index (χ2v) is 14.3.